The van der Waals surface area contributed by atoms with Crippen molar-refractivity contribution in [3.8, 4) is 6.07 Å². The summed E-state index contributed by atoms with van der Waals surface area (Å²) in [6, 6.07) is 13.8. The molecule has 0 saturated carbocycles. The highest BCUT2D eigenvalue weighted by molar-refractivity contribution is 8.03. The van der Waals surface area contributed by atoms with Crippen molar-refractivity contribution in [2.24, 2.45) is 21.5 Å². The molecule has 2 aromatic carbocycles. The second-order valence-corrected chi connectivity index (χ2v) is 9.85. The first-order chi connectivity index (χ1) is 18.3. The van der Waals surface area contributed by atoms with E-state index in [2.05, 4.69) is 50.7 Å². The van der Waals surface area contributed by atoms with Gasteiger partial charge in [-0.05, 0) is 41.8 Å². The highest BCUT2D eigenvalue weighted by Crippen LogP contribution is 2.44. The van der Waals surface area contributed by atoms with E-state index in [-0.39, 0.29) is 34.7 Å². The summed E-state index contributed by atoms with van der Waals surface area (Å²) in [5.41, 5.74) is 15.9. The number of halogens is 1. The average Bonchev–Trinajstić information content (AvgIpc) is 3.41. The maximum atomic E-state index is 13.1. The quantitative estimate of drug-likeness (QED) is 0.190. The zero-order valence-corrected chi connectivity index (χ0v) is 21.3. The largest absolute Gasteiger partial charge is 0.391 e. The summed E-state index contributed by atoms with van der Waals surface area (Å²) in [6.07, 6.45) is 4.19. The first-order valence-electron chi connectivity index (χ1n) is 11.8. The maximum Gasteiger partial charge on any atom is 0.271 e. The number of rotatable bonds is 9. The molecule has 0 radical (unpaired) electrons. The molecule has 0 aliphatic carbocycles. The molecule has 2 aliphatic heterocycles. The lowest BCUT2D eigenvalue weighted by Crippen LogP contribution is -2.32. The van der Waals surface area contributed by atoms with E-state index in [9.17, 15) is 9.18 Å². The smallest absolute Gasteiger partial charge is 0.271 e. The third-order valence-corrected chi connectivity index (χ3v) is 7.22. The van der Waals surface area contributed by atoms with Crippen LogP contribution in [-0.2, 0) is 11.3 Å². The Balaban J connectivity index is 1.41. The van der Waals surface area contributed by atoms with E-state index in [4.69, 9.17) is 16.7 Å². The number of hydrogen-bond acceptors (Lipinski definition) is 9. The van der Waals surface area contributed by atoms with E-state index < -0.39 is 5.91 Å². The van der Waals surface area contributed by atoms with Gasteiger partial charge in [-0.2, -0.15) is 5.26 Å². The number of nitrogens with one attached hydrogen (secondary N) is 3. The van der Waals surface area contributed by atoms with Gasteiger partial charge < -0.3 is 27.4 Å². The fraction of sp³-hybridized carbons (Fsp3) is 0.185. The average molecular weight is 531 g/mol. The van der Waals surface area contributed by atoms with E-state index in [1.54, 1.807) is 23.9 Å². The van der Waals surface area contributed by atoms with E-state index >= 15 is 0 Å². The molecule has 0 fully saturated rings. The second kappa shape index (κ2) is 12.1. The third-order valence-electron chi connectivity index (χ3n) is 5.85. The first kappa shape index (κ1) is 26.5. The number of fused-ring (bicyclic) bond motifs is 1. The minimum Gasteiger partial charge on any atom is -0.391 e. The third kappa shape index (κ3) is 6.60. The van der Waals surface area contributed by atoms with Gasteiger partial charge >= 0.3 is 0 Å². The lowest BCUT2D eigenvalue weighted by molar-refractivity contribution is -0.117. The Morgan fingerprint density at radius 2 is 2.08 bits per heavy atom. The van der Waals surface area contributed by atoms with Crippen molar-refractivity contribution in [2.75, 3.05) is 18.5 Å². The van der Waals surface area contributed by atoms with Gasteiger partial charge in [-0.3, -0.25) is 4.79 Å². The molecule has 1 atom stereocenters. The number of hydrogen-bond donors (Lipinski definition) is 5. The highest BCUT2D eigenvalue weighted by atomic mass is 32.2. The number of carbonyl (C=O) groups is 1. The maximum absolute atomic E-state index is 13.1. The van der Waals surface area contributed by atoms with Crippen molar-refractivity contribution in [3.63, 3.8) is 0 Å². The molecule has 0 aromatic heterocycles. The molecule has 38 heavy (non-hydrogen) atoms. The van der Waals surface area contributed by atoms with Gasteiger partial charge in [-0.15, -0.1) is 11.8 Å². The Kier molecular flexibility index (Phi) is 8.45. The summed E-state index contributed by atoms with van der Waals surface area (Å²) >= 11 is 1.70. The number of amides is 1. The molecule has 9 nitrogen and oxygen atoms in total. The van der Waals surface area contributed by atoms with Gasteiger partial charge in [-0.25, -0.2) is 14.4 Å². The first-order valence-corrected chi connectivity index (χ1v) is 12.6. The molecule has 2 aliphatic rings. The van der Waals surface area contributed by atoms with Crippen LogP contribution >= 0.6 is 11.8 Å². The Bertz CT molecular complexity index is 1410. The molecule has 0 saturated heterocycles. The minimum atomic E-state index is -0.551. The molecule has 194 valence electrons. The van der Waals surface area contributed by atoms with Crippen LogP contribution in [0.4, 0.5) is 10.1 Å². The predicted molar refractivity (Wildman–Crippen MR) is 149 cm³/mol. The number of allylic oxidation sites excluding steroid dienone is 2. The highest BCUT2D eigenvalue weighted by Gasteiger charge is 2.22. The van der Waals surface area contributed by atoms with E-state index in [1.165, 1.54) is 18.3 Å². The number of anilines is 1. The zero-order valence-electron chi connectivity index (χ0n) is 20.5. The summed E-state index contributed by atoms with van der Waals surface area (Å²) in [6.45, 7) is 4.60. The molecule has 0 spiro atoms. The number of amidine groups is 1. The SMILES string of the molecule is C=C(C#N)C=N/C(NCC1=CC[C@@H](c2ccc3c(c2)C(N)=NCN3)S1)=C(\N)C(=O)NCc1ccc(F)cc1. The molecule has 0 bridgehead atoms. The van der Waals surface area contributed by atoms with Crippen LogP contribution in [0.5, 0.6) is 0 Å². The monoisotopic (exact) mass is 530 g/mol. The van der Waals surface area contributed by atoms with Crippen LogP contribution in [-0.4, -0.2) is 31.2 Å². The molecule has 7 N–H and O–H groups in total. The van der Waals surface area contributed by atoms with Crippen molar-refractivity contribution in [3.05, 3.63) is 99.6 Å². The van der Waals surface area contributed by atoms with Crippen LogP contribution in [0, 0.1) is 17.1 Å². The van der Waals surface area contributed by atoms with Crippen LogP contribution in [0.1, 0.15) is 28.4 Å². The number of benzene rings is 2. The molecule has 2 aromatic rings. The van der Waals surface area contributed by atoms with Crippen molar-refractivity contribution in [2.45, 2.75) is 18.2 Å². The summed E-state index contributed by atoms with van der Waals surface area (Å²) in [5, 5.41) is 18.2. The van der Waals surface area contributed by atoms with Gasteiger partial charge in [0, 0.05) is 40.7 Å². The van der Waals surface area contributed by atoms with Gasteiger partial charge in [0.2, 0.25) is 0 Å². The molecular formula is C27H27FN8OS. The summed E-state index contributed by atoms with van der Waals surface area (Å²) in [5.74, 6) is -0.268. The normalized spacial score (nSPS) is 16.9. The van der Waals surface area contributed by atoms with Crippen molar-refractivity contribution in [1.29, 1.82) is 5.26 Å². The summed E-state index contributed by atoms with van der Waals surface area (Å²) < 4.78 is 13.1. The number of nitriles is 1. The van der Waals surface area contributed by atoms with E-state index in [1.807, 2.05) is 12.1 Å². The Morgan fingerprint density at radius 3 is 2.84 bits per heavy atom. The molecule has 11 heteroatoms. The van der Waals surface area contributed by atoms with Crippen LogP contribution in [0.25, 0.3) is 0 Å². The number of thioether (sulfide) groups is 1. The van der Waals surface area contributed by atoms with Gasteiger partial charge in [0.1, 0.15) is 30.1 Å². The fourth-order valence-corrected chi connectivity index (χ4v) is 4.99. The number of nitrogens with two attached hydrogens (primary N) is 2. The molecule has 0 unspecified atom stereocenters. The zero-order chi connectivity index (χ0) is 27.1. The Morgan fingerprint density at radius 1 is 1.29 bits per heavy atom. The van der Waals surface area contributed by atoms with Crippen molar-refractivity contribution in [1.82, 2.24) is 10.6 Å². The van der Waals surface area contributed by atoms with Crippen LogP contribution in [0.15, 0.2) is 87.1 Å². The molecular weight excluding hydrogens is 503 g/mol. The minimum absolute atomic E-state index is 0.114. The standard InChI is InChI=1S/C27H27FN8OS/c1-16(11-29)12-32-26(24(30)27(37)34-13-17-2-5-19(28)6-3-17)33-14-20-7-9-23(38-20)18-4-8-22-21(10-18)25(31)36-15-35-22/h2-8,10,12,23,33,35H,1,9,13-15,30H2,(H2,31,36)(H,34,37)/b26-24+,32-12?/t23-/m0/s1. The van der Waals surface area contributed by atoms with Crippen LogP contribution in [0.3, 0.4) is 0 Å². The van der Waals surface area contributed by atoms with E-state index in [0.29, 0.717) is 24.6 Å². The van der Waals surface area contributed by atoms with Crippen LogP contribution < -0.4 is 27.4 Å². The topological polar surface area (TPSA) is 154 Å². The van der Waals surface area contributed by atoms with Gasteiger partial charge in [0.05, 0.1) is 5.57 Å². The molecule has 2 heterocycles. The summed E-state index contributed by atoms with van der Waals surface area (Å²) in [4.78, 5) is 22.2. The van der Waals surface area contributed by atoms with Crippen LogP contribution in [0.2, 0.25) is 0 Å². The second-order valence-electron chi connectivity index (χ2n) is 8.52. The summed E-state index contributed by atoms with van der Waals surface area (Å²) in [7, 11) is 0. The Labute approximate surface area is 224 Å². The van der Waals surface area contributed by atoms with E-state index in [0.717, 1.165) is 28.1 Å². The molecule has 1 amide bonds. The Hall–Kier alpha value is -4.56. The van der Waals surface area contributed by atoms with Crippen molar-refractivity contribution >= 4 is 35.4 Å². The van der Waals surface area contributed by atoms with Gasteiger partial charge in [0.25, 0.3) is 5.91 Å². The number of nitrogens with zero attached hydrogens (tertiary/aromatic N) is 3. The number of aliphatic imine (C=N–C) groups is 2. The lowest BCUT2D eigenvalue weighted by atomic mass is 10.0. The number of carbonyl (C=O) groups excluding carboxylic acids is 1. The fourth-order valence-electron chi connectivity index (χ4n) is 3.80. The van der Waals surface area contributed by atoms with Gasteiger partial charge in [-0.1, -0.05) is 30.9 Å². The lowest BCUT2D eigenvalue weighted by Gasteiger charge is -2.19. The molecule has 4 rings (SSSR count). The van der Waals surface area contributed by atoms with Gasteiger partial charge in [0.15, 0.2) is 5.82 Å². The van der Waals surface area contributed by atoms with Crippen molar-refractivity contribution < 1.29 is 9.18 Å². The predicted octanol–water partition coefficient (Wildman–Crippen LogP) is 3.16.